The molecule has 19 heavy (non-hydrogen) atoms. The lowest BCUT2D eigenvalue weighted by Gasteiger charge is -2.08. The minimum atomic E-state index is 0.175. The third-order valence-corrected chi connectivity index (χ3v) is 3.61. The molecule has 2 aromatic heterocycles. The second-order valence-electron chi connectivity index (χ2n) is 3.89. The Kier molecular flexibility index (Phi) is 3.35. The van der Waals surface area contributed by atoms with E-state index in [1.54, 1.807) is 6.33 Å². The summed E-state index contributed by atoms with van der Waals surface area (Å²) in [5.74, 6) is 0.642. The zero-order valence-electron chi connectivity index (χ0n) is 9.69. The molecule has 0 spiro atoms. The Morgan fingerprint density at radius 1 is 1.26 bits per heavy atom. The van der Waals surface area contributed by atoms with Crippen LogP contribution in [0.1, 0.15) is 5.56 Å². The highest BCUT2D eigenvalue weighted by molar-refractivity contribution is 9.10. The third-order valence-electron chi connectivity index (χ3n) is 2.66. The van der Waals surface area contributed by atoms with E-state index in [9.17, 15) is 0 Å². The number of anilines is 1. The lowest BCUT2D eigenvalue weighted by molar-refractivity contribution is 1.09. The van der Waals surface area contributed by atoms with Crippen molar-refractivity contribution in [1.82, 2.24) is 19.9 Å². The first-order valence-electron chi connectivity index (χ1n) is 5.58. The number of aromatic nitrogens is 4. The van der Waals surface area contributed by atoms with Gasteiger partial charge in [0.15, 0.2) is 11.5 Å². The molecule has 0 amide bonds. The lowest BCUT2D eigenvalue weighted by atomic mass is 10.2. The van der Waals surface area contributed by atoms with Gasteiger partial charge in [-0.2, -0.15) is 9.97 Å². The van der Waals surface area contributed by atoms with E-state index in [2.05, 4.69) is 41.2 Å². The average molecular weight is 339 g/mol. The molecule has 2 heterocycles. The molecule has 2 N–H and O–H groups in total. The SMILES string of the molecule is Clc1nc(NCc2ccccc2Br)c2[nH]cnc2n1. The molecule has 5 nitrogen and oxygen atoms in total. The molecule has 0 saturated heterocycles. The van der Waals surface area contributed by atoms with Crippen molar-refractivity contribution in [2.75, 3.05) is 5.32 Å². The fourth-order valence-electron chi connectivity index (χ4n) is 1.76. The summed E-state index contributed by atoms with van der Waals surface area (Å²) < 4.78 is 1.04. The van der Waals surface area contributed by atoms with Crippen molar-refractivity contribution in [1.29, 1.82) is 0 Å². The smallest absolute Gasteiger partial charge is 0.226 e. The van der Waals surface area contributed by atoms with E-state index in [0.29, 0.717) is 18.0 Å². The van der Waals surface area contributed by atoms with Crippen molar-refractivity contribution in [3.05, 3.63) is 45.9 Å². The van der Waals surface area contributed by atoms with Crippen LogP contribution < -0.4 is 5.32 Å². The minimum absolute atomic E-state index is 0.175. The van der Waals surface area contributed by atoms with Gasteiger partial charge in [-0.25, -0.2) is 4.98 Å². The summed E-state index contributed by atoms with van der Waals surface area (Å²) in [6, 6.07) is 7.99. The average Bonchev–Trinajstić information content (AvgIpc) is 2.85. The van der Waals surface area contributed by atoms with Crippen LogP contribution in [0.15, 0.2) is 35.1 Å². The number of benzene rings is 1. The van der Waals surface area contributed by atoms with E-state index in [4.69, 9.17) is 11.6 Å². The van der Waals surface area contributed by atoms with Crippen LogP contribution in [0.5, 0.6) is 0 Å². The van der Waals surface area contributed by atoms with Crippen molar-refractivity contribution in [2.45, 2.75) is 6.54 Å². The largest absolute Gasteiger partial charge is 0.364 e. The number of fused-ring (bicyclic) bond motifs is 1. The van der Waals surface area contributed by atoms with Crippen molar-refractivity contribution >= 4 is 44.5 Å². The molecule has 0 fully saturated rings. The molecule has 0 saturated carbocycles. The van der Waals surface area contributed by atoms with Crippen molar-refractivity contribution in [3.8, 4) is 0 Å². The normalized spacial score (nSPS) is 10.8. The minimum Gasteiger partial charge on any atom is -0.364 e. The Balaban J connectivity index is 1.90. The fourth-order valence-corrected chi connectivity index (χ4v) is 2.34. The molecule has 3 aromatic rings. The molecule has 0 bridgehead atoms. The predicted octanol–water partition coefficient (Wildman–Crippen LogP) is 3.38. The van der Waals surface area contributed by atoms with Crippen LogP contribution in [0.3, 0.4) is 0 Å². The van der Waals surface area contributed by atoms with Gasteiger partial charge in [0.1, 0.15) is 5.52 Å². The zero-order valence-corrected chi connectivity index (χ0v) is 12.0. The summed E-state index contributed by atoms with van der Waals surface area (Å²) in [6.45, 7) is 0.628. The molecule has 96 valence electrons. The van der Waals surface area contributed by atoms with Gasteiger partial charge in [-0.05, 0) is 23.2 Å². The Labute approximate surface area is 122 Å². The fraction of sp³-hybridized carbons (Fsp3) is 0.0833. The molecule has 3 rings (SSSR count). The molecule has 0 aliphatic carbocycles. The van der Waals surface area contributed by atoms with Gasteiger partial charge < -0.3 is 10.3 Å². The van der Waals surface area contributed by atoms with E-state index >= 15 is 0 Å². The number of nitrogens with zero attached hydrogens (tertiary/aromatic N) is 3. The van der Waals surface area contributed by atoms with Gasteiger partial charge in [-0.1, -0.05) is 34.1 Å². The Bertz CT molecular complexity index is 727. The molecule has 1 aromatic carbocycles. The van der Waals surface area contributed by atoms with Crippen LogP contribution in [-0.4, -0.2) is 19.9 Å². The second kappa shape index (κ2) is 5.14. The summed E-state index contributed by atoms with van der Waals surface area (Å²) in [7, 11) is 0. The van der Waals surface area contributed by atoms with E-state index in [0.717, 1.165) is 15.6 Å². The first-order chi connectivity index (χ1) is 9.24. The molecule has 0 radical (unpaired) electrons. The summed E-state index contributed by atoms with van der Waals surface area (Å²) >= 11 is 9.38. The molecule has 0 aliphatic rings. The first-order valence-corrected chi connectivity index (χ1v) is 6.75. The van der Waals surface area contributed by atoms with Crippen LogP contribution in [-0.2, 0) is 6.54 Å². The van der Waals surface area contributed by atoms with Gasteiger partial charge in [-0.15, -0.1) is 0 Å². The number of rotatable bonds is 3. The highest BCUT2D eigenvalue weighted by atomic mass is 79.9. The topological polar surface area (TPSA) is 66.5 Å². The Morgan fingerprint density at radius 2 is 2.11 bits per heavy atom. The van der Waals surface area contributed by atoms with Gasteiger partial charge in [0.05, 0.1) is 6.33 Å². The number of nitrogens with one attached hydrogen (secondary N) is 2. The number of hydrogen-bond acceptors (Lipinski definition) is 4. The second-order valence-corrected chi connectivity index (χ2v) is 5.08. The molecule has 0 unspecified atom stereocenters. The van der Waals surface area contributed by atoms with E-state index in [-0.39, 0.29) is 5.28 Å². The van der Waals surface area contributed by atoms with Crippen molar-refractivity contribution in [3.63, 3.8) is 0 Å². The number of aromatic amines is 1. The Hall–Kier alpha value is -1.66. The van der Waals surface area contributed by atoms with Crippen LogP contribution >= 0.6 is 27.5 Å². The maximum Gasteiger partial charge on any atom is 0.226 e. The summed E-state index contributed by atoms with van der Waals surface area (Å²) in [5.41, 5.74) is 2.43. The van der Waals surface area contributed by atoms with Crippen LogP contribution in [0.4, 0.5) is 5.82 Å². The molecule has 0 atom stereocenters. The quantitative estimate of drug-likeness (QED) is 0.719. The number of H-pyrrole nitrogens is 1. The van der Waals surface area contributed by atoms with E-state index < -0.39 is 0 Å². The maximum atomic E-state index is 5.87. The van der Waals surface area contributed by atoms with Gasteiger partial charge >= 0.3 is 0 Å². The maximum absolute atomic E-state index is 5.87. The van der Waals surface area contributed by atoms with Gasteiger partial charge in [0.25, 0.3) is 0 Å². The standard InChI is InChI=1S/C12H9BrClN5/c13-8-4-2-1-3-7(8)5-15-10-9-11(17-6-16-9)19-12(14)18-10/h1-4,6H,5H2,(H2,15,16,17,18,19). The molecular weight excluding hydrogens is 330 g/mol. The number of imidazole rings is 1. The first kappa shape index (κ1) is 12.4. The van der Waals surface area contributed by atoms with E-state index in [1.807, 2.05) is 24.3 Å². The summed E-state index contributed by atoms with van der Waals surface area (Å²) in [5, 5.41) is 3.41. The lowest BCUT2D eigenvalue weighted by Crippen LogP contribution is -2.03. The highest BCUT2D eigenvalue weighted by Gasteiger charge is 2.09. The van der Waals surface area contributed by atoms with Crippen molar-refractivity contribution in [2.24, 2.45) is 0 Å². The monoisotopic (exact) mass is 337 g/mol. The van der Waals surface area contributed by atoms with Crippen molar-refractivity contribution < 1.29 is 0 Å². The van der Waals surface area contributed by atoms with Gasteiger partial charge in [0.2, 0.25) is 5.28 Å². The predicted molar refractivity (Wildman–Crippen MR) is 78.2 cm³/mol. The third kappa shape index (κ3) is 2.54. The van der Waals surface area contributed by atoms with Crippen LogP contribution in [0.25, 0.3) is 11.2 Å². The van der Waals surface area contributed by atoms with Crippen LogP contribution in [0.2, 0.25) is 5.28 Å². The number of halogens is 2. The molecular formula is C12H9BrClN5. The van der Waals surface area contributed by atoms with Gasteiger partial charge in [-0.3, -0.25) is 0 Å². The van der Waals surface area contributed by atoms with E-state index in [1.165, 1.54) is 0 Å². The number of hydrogen-bond donors (Lipinski definition) is 2. The Morgan fingerprint density at radius 3 is 2.95 bits per heavy atom. The van der Waals surface area contributed by atoms with Crippen LogP contribution in [0, 0.1) is 0 Å². The van der Waals surface area contributed by atoms with Gasteiger partial charge in [0, 0.05) is 11.0 Å². The molecule has 0 aliphatic heterocycles. The summed E-state index contributed by atoms with van der Waals surface area (Å²) in [4.78, 5) is 15.3. The zero-order chi connectivity index (χ0) is 13.2. The highest BCUT2D eigenvalue weighted by Crippen LogP contribution is 2.21. The molecule has 7 heteroatoms. The summed E-state index contributed by atoms with van der Waals surface area (Å²) in [6.07, 6.45) is 1.57.